The summed E-state index contributed by atoms with van der Waals surface area (Å²) in [6.45, 7) is -0.346. The number of hydrogen-bond acceptors (Lipinski definition) is 9. The Morgan fingerprint density at radius 2 is 2.09 bits per heavy atom. The maximum Gasteiger partial charge on any atom is 0.401 e. The van der Waals surface area contributed by atoms with Crippen molar-refractivity contribution in [3.8, 4) is 5.75 Å². The molecule has 2 aliphatic heterocycles. The first-order valence-electron chi connectivity index (χ1n) is 10.5. The fourth-order valence-corrected chi connectivity index (χ4v) is 5.95. The van der Waals surface area contributed by atoms with Crippen LogP contribution in [0.25, 0.3) is 0 Å². The zero-order valence-electron chi connectivity index (χ0n) is 18.1. The smallest absolute Gasteiger partial charge is 0.401 e. The van der Waals surface area contributed by atoms with Gasteiger partial charge in [0, 0.05) is 37.2 Å². The van der Waals surface area contributed by atoms with Gasteiger partial charge in [0.1, 0.15) is 12.1 Å². The number of nitrogens with zero attached hydrogens (tertiary/aromatic N) is 4. The molecule has 35 heavy (non-hydrogen) atoms. The lowest BCUT2D eigenvalue weighted by molar-refractivity contribution is -0.147. The molecule has 5 rings (SSSR count). The molecule has 0 saturated heterocycles. The minimum atomic E-state index is -4.28. The van der Waals surface area contributed by atoms with Gasteiger partial charge in [-0.25, -0.2) is 13.4 Å². The van der Waals surface area contributed by atoms with Crippen LogP contribution in [0.2, 0.25) is 0 Å². The van der Waals surface area contributed by atoms with Crippen LogP contribution in [-0.2, 0) is 29.5 Å². The Kier molecular flexibility index (Phi) is 6.07. The third-order valence-corrected chi connectivity index (χ3v) is 7.87. The lowest BCUT2D eigenvalue weighted by Gasteiger charge is -2.32. The Hall–Kier alpha value is -2.94. The van der Waals surface area contributed by atoms with Crippen molar-refractivity contribution in [2.45, 2.75) is 37.0 Å². The van der Waals surface area contributed by atoms with Crippen LogP contribution in [0.4, 0.5) is 24.0 Å². The van der Waals surface area contributed by atoms with E-state index in [-0.39, 0.29) is 28.9 Å². The molecular formula is C21H20F3N5O4S2. The SMILES string of the molecule is O=S(=O)(Nc1ncns1)c1ccc2c(c1)OC(O)N2Cc1cccc2c1CN(CC(F)(F)F)CC2. The maximum atomic E-state index is 12.9. The van der Waals surface area contributed by atoms with E-state index in [1.54, 1.807) is 0 Å². The number of rotatable bonds is 6. The number of halogens is 3. The molecule has 0 spiro atoms. The van der Waals surface area contributed by atoms with Gasteiger partial charge in [-0.15, -0.1) is 0 Å². The molecule has 2 aliphatic rings. The first-order valence-corrected chi connectivity index (χ1v) is 12.8. The Labute approximate surface area is 203 Å². The van der Waals surface area contributed by atoms with Gasteiger partial charge >= 0.3 is 6.18 Å². The summed E-state index contributed by atoms with van der Waals surface area (Å²) in [6.07, 6.45) is -3.94. The van der Waals surface area contributed by atoms with Gasteiger partial charge in [-0.05, 0) is 35.2 Å². The first-order chi connectivity index (χ1) is 16.6. The Balaban J connectivity index is 1.38. The molecule has 1 unspecified atom stereocenters. The fourth-order valence-electron chi connectivity index (χ4n) is 4.27. The second-order valence-corrected chi connectivity index (χ2v) is 10.6. The number of anilines is 2. The molecule has 0 bridgehead atoms. The lowest BCUT2D eigenvalue weighted by Crippen LogP contribution is -2.39. The highest BCUT2D eigenvalue weighted by Gasteiger charge is 2.34. The van der Waals surface area contributed by atoms with E-state index in [1.807, 2.05) is 18.2 Å². The number of ether oxygens (including phenoxy) is 1. The van der Waals surface area contributed by atoms with Gasteiger partial charge < -0.3 is 14.7 Å². The predicted octanol–water partition coefficient (Wildman–Crippen LogP) is 2.93. The Bertz CT molecular complexity index is 1340. The van der Waals surface area contributed by atoms with E-state index in [0.29, 0.717) is 18.7 Å². The van der Waals surface area contributed by atoms with Crippen molar-refractivity contribution in [1.82, 2.24) is 14.3 Å². The quantitative estimate of drug-likeness (QED) is 0.504. The Morgan fingerprint density at radius 1 is 1.26 bits per heavy atom. The van der Waals surface area contributed by atoms with E-state index in [2.05, 4.69) is 14.1 Å². The van der Waals surface area contributed by atoms with E-state index < -0.39 is 29.2 Å². The third-order valence-electron chi connectivity index (χ3n) is 5.83. The highest BCUT2D eigenvalue weighted by molar-refractivity contribution is 7.93. The summed E-state index contributed by atoms with van der Waals surface area (Å²) in [7, 11) is -3.95. The predicted molar refractivity (Wildman–Crippen MR) is 121 cm³/mol. The van der Waals surface area contributed by atoms with E-state index in [0.717, 1.165) is 28.2 Å². The zero-order valence-corrected chi connectivity index (χ0v) is 19.7. The van der Waals surface area contributed by atoms with Crippen LogP contribution in [0.3, 0.4) is 0 Å². The lowest BCUT2D eigenvalue weighted by atomic mass is 9.94. The molecule has 0 fully saturated rings. The molecule has 186 valence electrons. The second kappa shape index (κ2) is 8.93. The average Bonchev–Trinajstić information content (AvgIpc) is 3.39. The van der Waals surface area contributed by atoms with Gasteiger partial charge in [0.2, 0.25) is 5.13 Å². The van der Waals surface area contributed by atoms with Crippen LogP contribution in [0.1, 0.15) is 16.7 Å². The standard InChI is InChI=1S/C21H20F3N5O4S2/c22-21(23,24)11-28-7-6-13-2-1-3-14(16(13)10-28)9-29-17-5-4-15(8-18(17)33-20(29)30)35(31,32)27-19-25-12-26-34-19/h1-5,8,12,20,30H,6-7,9-11H2,(H,25,26,27). The van der Waals surface area contributed by atoms with Crippen LogP contribution >= 0.6 is 11.5 Å². The first kappa shape index (κ1) is 23.8. The van der Waals surface area contributed by atoms with Crippen molar-refractivity contribution in [2.75, 3.05) is 22.7 Å². The van der Waals surface area contributed by atoms with Gasteiger partial charge in [0.25, 0.3) is 16.4 Å². The number of aliphatic hydroxyl groups is 1. The van der Waals surface area contributed by atoms with Crippen molar-refractivity contribution in [2.24, 2.45) is 0 Å². The summed E-state index contributed by atoms with van der Waals surface area (Å²) >= 11 is 0.889. The molecule has 3 heterocycles. The molecule has 0 amide bonds. The zero-order chi connectivity index (χ0) is 24.8. The normalized spacial score (nSPS) is 18.2. The third kappa shape index (κ3) is 5.05. The minimum absolute atomic E-state index is 0.0830. The number of alkyl halides is 3. The van der Waals surface area contributed by atoms with Gasteiger partial charge in [-0.3, -0.25) is 9.62 Å². The van der Waals surface area contributed by atoms with Crippen LogP contribution in [0.15, 0.2) is 47.6 Å². The van der Waals surface area contributed by atoms with Gasteiger partial charge in [-0.1, -0.05) is 18.2 Å². The van der Waals surface area contributed by atoms with Crippen LogP contribution in [0, 0.1) is 0 Å². The largest absolute Gasteiger partial charge is 0.444 e. The number of fused-ring (bicyclic) bond motifs is 2. The molecule has 0 aliphatic carbocycles. The van der Waals surface area contributed by atoms with E-state index in [9.17, 15) is 26.7 Å². The number of benzene rings is 2. The van der Waals surface area contributed by atoms with Crippen LogP contribution < -0.4 is 14.4 Å². The molecule has 0 saturated carbocycles. The topological polar surface area (TPSA) is 108 Å². The maximum absolute atomic E-state index is 12.9. The van der Waals surface area contributed by atoms with Gasteiger partial charge in [0.15, 0.2) is 0 Å². The molecule has 2 aromatic carbocycles. The number of aliphatic hydroxyl groups excluding tert-OH is 1. The highest BCUT2D eigenvalue weighted by Crippen LogP contribution is 2.40. The molecule has 9 nitrogen and oxygen atoms in total. The number of hydrogen-bond donors (Lipinski definition) is 2. The summed E-state index contributed by atoms with van der Waals surface area (Å²) < 4.78 is 75.7. The van der Waals surface area contributed by atoms with Gasteiger partial charge in [-0.2, -0.15) is 17.5 Å². The van der Waals surface area contributed by atoms with Crippen molar-refractivity contribution >= 4 is 32.4 Å². The number of aromatic nitrogens is 2. The summed E-state index contributed by atoms with van der Waals surface area (Å²) in [6, 6.07) is 9.75. The monoisotopic (exact) mass is 527 g/mol. The second-order valence-electron chi connectivity index (χ2n) is 8.18. The summed E-state index contributed by atoms with van der Waals surface area (Å²) in [5.41, 5.74) is 3.00. The van der Waals surface area contributed by atoms with Crippen LogP contribution in [-0.4, -0.2) is 53.5 Å². The molecule has 0 radical (unpaired) electrons. The molecule has 3 aromatic rings. The number of sulfonamides is 1. The molecule has 1 aromatic heterocycles. The summed E-state index contributed by atoms with van der Waals surface area (Å²) in [4.78, 5) is 6.61. The van der Waals surface area contributed by atoms with Crippen molar-refractivity contribution in [1.29, 1.82) is 0 Å². The average molecular weight is 528 g/mol. The van der Waals surface area contributed by atoms with E-state index >= 15 is 0 Å². The molecular weight excluding hydrogens is 507 g/mol. The summed E-state index contributed by atoms with van der Waals surface area (Å²) in [5.74, 6) is 0.168. The van der Waals surface area contributed by atoms with Crippen molar-refractivity contribution in [3.05, 3.63) is 59.4 Å². The molecule has 14 heteroatoms. The minimum Gasteiger partial charge on any atom is -0.444 e. The Morgan fingerprint density at radius 3 is 2.83 bits per heavy atom. The van der Waals surface area contributed by atoms with Crippen molar-refractivity contribution in [3.63, 3.8) is 0 Å². The van der Waals surface area contributed by atoms with E-state index in [1.165, 1.54) is 34.3 Å². The van der Waals surface area contributed by atoms with E-state index in [4.69, 9.17) is 4.74 Å². The number of nitrogens with one attached hydrogen (secondary N) is 1. The summed E-state index contributed by atoms with van der Waals surface area (Å²) in [5, 5.41) is 10.7. The highest BCUT2D eigenvalue weighted by atomic mass is 32.2. The van der Waals surface area contributed by atoms with Crippen LogP contribution in [0.5, 0.6) is 5.75 Å². The van der Waals surface area contributed by atoms with Gasteiger partial charge in [0.05, 0.1) is 17.1 Å². The molecule has 2 N–H and O–H groups in total. The van der Waals surface area contributed by atoms with Crippen molar-refractivity contribution < 1.29 is 31.4 Å². The molecule has 1 atom stereocenters. The fraction of sp³-hybridized carbons (Fsp3) is 0.333.